The van der Waals surface area contributed by atoms with Crippen molar-refractivity contribution in [2.24, 2.45) is 0 Å². The number of hydrogen-bond donors (Lipinski definition) is 1. The third-order valence-corrected chi connectivity index (χ3v) is 4.47. The predicted molar refractivity (Wildman–Crippen MR) is 79.9 cm³/mol. The van der Waals surface area contributed by atoms with E-state index >= 15 is 0 Å². The Labute approximate surface area is 121 Å². The Morgan fingerprint density at radius 2 is 2.05 bits per heavy atom. The number of piperidine rings is 1. The van der Waals surface area contributed by atoms with Gasteiger partial charge in [-0.05, 0) is 46.2 Å². The summed E-state index contributed by atoms with van der Waals surface area (Å²) in [7, 11) is 2.00. The van der Waals surface area contributed by atoms with E-state index in [1.807, 2.05) is 29.6 Å². The molecule has 1 aromatic heterocycles. The van der Waals surface area contributed by atoms with Crippen LogP contribution >= 0.6 is 0 Å². The highest BCUT2D eigenvalue weighted by molar-refractivity contribution is 5.92. The number of nitrogens with zero attached hydrogens (tertiary/aromatic N) is 3. The lowest BCUT2D eigenvalue weighted by atomic mass is 9.90. The number of nitrogens with one attached hydrogen (secondary N) is 1. The first-order valence-corrected chi connectivity index (χ1v) is 7.58. The van der Waals surface area contributed by atoms with Crippen LogP contribution in [0.3, 0.4) is 0 Å². The number of aromatic nitrogens is 2. The van der Waals surface area contributed by atoms with Crippen molar-refractivity contribution in [1.29, 1.82) is 0 Å². The summed E-state index contributed by atoms with van der Waals surface area (Å²) in [5, 5.41) is 7.82. The standard InChI is InChI=1S/C15H26N4O/c1-5-12-11-13(19(6-2)17-12)14(20)18-9-7-15(3,16-4)8-10-18/h11,16H,5-10H2,1-4H3. The van der Waals surface area contributed by atoms with Crippen LogP contribution in [0.5, 0.6) is 0 Å². The van der Waals surface area contributed by atoms with E-state index in [1.165, 1.54) is 0 Å². The second-order valence-corrected chi connectivity index (χ2v) is 5.79. The monoisotopic (exact) mass is 278 g/mol. The van der Waals surface area contributed by atoms with Crippen molar-refractivity contribution in [3.8, 4) is 0 Å². The molecule has 1 aliphatic heterocycles. The van der Waals surface area contributed by atoms with Gasteiger partial charge in [-0.25, -0.2) is 0 Å². The first kappa shape index (κ1) is 15.0. The highest BCUT2D eigenvalue weighted by Gasteiger charge is 2.31. The fourth-order valence-corrected chi connectivity index (χ4v) is 2.67. The van der Waals surface area contributed by atoms with E-state index in [4.69, 9.17) is 0 Å². The molecule has 0 atom stereocenters. The smallest absolute Gasteiger partial charge is 0.272 e. The molecule has 1 aliphatic rings. The van der Waals surface area contributed by atoms with Gasteiger partial charge in [0.25, 0.3) is 5.91 Å². The molecule has 1 amide bonds. The molecular weight excluding hydrogens is 252 g/mol. The number of amides is 1. The fraction of sp³-hybridized carbons (Fsp3) is 0.733. The quantitative estimate of drug-likeness (QED) is 0.911. The Bertz CT molecular complexity index is 472. The van der Waals surface area contributed by atoms with Crippen molar-refractivity contribution in [2.75, 3.05) is 20.1 Å². The van der Waals surface area contributed by atoms with Crippen LogP contribution in [0.25, 0.3) is 0 Å². The minimum absolute atomic E-state index is 0.122. The van der Waals surface area contributed by atoms with E-state index in [0.29, 0.717) is 0 Å². The van der Waals surface area contributed by atoms with Crippen LogP contribution in [0.4, 0.5) is 0 Å². The van der Waals surface area contributed by atoms with Crippen molar-refractivity contribution in [3.63, 3.8) is 0 Å². The SMILES string of the molecule is CCc1cc(C(=O)N2CCC(C)(NC)CC2)n(CC)n1. The summed E-state index contributed by atoms with van der Waals surface area (Å²) in [5.74, 6) is 0.122. The number of aryl methyl sites for hydroxylation is 2. The average Bonchev–Trinajstić information content (AvgIpc) is 2.90. The molecule has 0 radical (unpaired) electrons. The summed E-state index contributed by atoms with van der Waals surface area (Å²) in [6.45, 7) is 8.68. The molecule has 1 aromatic rings. The first-order valence-electron chi connectivity index (χ1n) is 7.58. The van der Waals surface area contributed by atoms with E-state index < -0.39 is 0 Å². The molecule has 1 N–H and O–H groups in total. The minimum Gasteiger partial charge on any atom is -0.337 e. The van der Waals surface area contributed by atoms with Gasteiger partial charge in [-0.15, -0.1) is 0 Å². The second kappa shape index (κ2) is 5.95. The van der Waals surface area contributed by atoms with Gasteiger partial charge in [0.2, 0.25) is 0 Å². The third-order valence-electron chi connectivity index (χ3n) is 4.47. The van der Waals surface area contributed by atoms with Gasteiger partial charge in [0.1, 0.15) is 5.69 Å². The molecule has 2 rings (SSSR count). The molecule has 0 spiro atoms. The summed E-state index contributed by atoms with van der Waals surface area (Å²) in [5.41, 5.74) is 1.89. The van der Waals surface area contributed by atoms with Crippen LogP contribution in [0.15, 0.2) is 6.07 Å². The number of rotatable bonds is 4. The lowest BCUT2D eigenvalue weighted by molar-refractivity contribution is 0.0649. The molecule has 1 saturated heterocycles. The van der Waals surface area contributed by atoms with Crippen LogP contribution in [-0.2, 0) is 13.0 Å². The van der Waals surface area contributed by atoms with Crippen molar-refractivity contribution >= 4 is 5.91 Å². The Morgan fingerprint density at radius 3 is 2.55 bits per heavy atom. The molecule has 1 fully saturated rings. The summed E-state index contributed by atoms with van der Waals surface area (Å²) in [4.78, 5) is 14.6. The Kier molecular flexibility index (Phi) is 4.48. The molecule has 20 heavy (non-hydrogen) atoms. The lowest BCUT2D eigenvalue weighted by Gasteiger charge is -2.39. The molecule has 0 aliphatic carbocycles. The fourth-order valence-electron chi connectivity index (χ4n) is 2.67. The Hall–Kier alpha value is -1.36. The summed E-state index contributed by atoms with van der Waals surface area (Å²) >= 11 is 0. The van der Waals surface area contributed by atoms with E-state index in [0.717, 1.165) is 50.3 Å². The van der Waals surface area contributed by atoms with Gasteiger partial charge >= 0.3 is 0 Å². The van der Waals surface area contributed by atoms with Gasteiger partial charge in [-0.2, -0.15) is 5.10 Å². The van der Waals surface area contributed by atoms with Crippen molar-refractivity contribution < 1.29 is 4.79 Å². The third kappa shape index (κ3) is 2.87. The number of carbonyl (C=O) groups is 1. The van der Waals surface area contributed by atoms with Gasteiger partial charge in [0, 0.05) is 25.2 Å². The van der Waals surface area contributed by atoms with Crippen molar-refractivity contribution in [2.45, 2.75) is 52.1 Å². The molecule has 5 heteroatoms. The van der Waals surface area contributed by atoms with E-state index in [9.17, 15) is 4.79 Å². The average molecular weight is 278 g/mol. The van der Waals surface area contributed by atoms with Gasteiger partial charge < -0.3 is 10.2 Å². The molecule has 5 nitrogen and oxygen atoms in total. The summed E-state index contributed by atoms with van der Waals surface area (Å²) in [6.07, 6.45) is 2.86. The minimum atomic E-state index is 0.122. The number of carbonyl (C=O) groups excluding carboxylic acids is 1. The zero-order valence-electron chi connectivity index (χ0n) is 13.1. The maximum absolute atomic E-state index is 12.7. The Morgan fingerprint density at radius 1 is 1.40 bits per heavy atom. The van der Waals surface area contributed by atoms with Crippen molar-refractivity contribution in [3.05, 3.63) is 17.5 Å². The van der Waals surface area contributed by atoms with Crippen LogP contribution in [0.1, 0.15) is 49.8 Å². The zero-order valence-corrected chi connectivity index (χ0v) is 13.1. The lowest BCUT2D eigenvalue weighted by Crippen LogP contribution is -2.51. The van der Waals surface area contributed by atoms with Gasteiger partial charge in [0.15, 0.2) is 0 Å². The topological polar surface area (TPSA) is 50.2 Å². The van der Waals surface area contributed by atoms with Crippen molar-refractivity contribution in [1.82, 2.24) is 20.0 Å². The summed E-state index contributed by atoms with van der Waals surface area (Å²) in [6, 6.07) is 1.94. The summed E-state index contributed by atoms with van der Waals surface area (Å²) < 4.78 is 1.83. The molecule has 2 heterocycles. The molecule has 0 aromatic carbocycles. The first-order chi connectivity index (χ1) is 9.53. The molecular formula is C15H26N4O. The van der Waals surface area contributed by atoms with E-state index in [1.54, 1.807) is 0 Å². The van der Waals surface area contributed by atoms with Crippen LogP contribution < -0.4 is 5.32 Å². The predicted octanol–water partition coefficient (Wildman–Crippen LogP) is 1.68. The van der Waals surface area contributed by atoms with Crippen LogP contribution in [0, 0.1) is 0 Å². The largest absolute Gasteiger partial charge is 0.337 e. The van der Waals surface area contributed by atoms with Gasteiger partial charge in [-0.3, -0.25) is 9.48 Å². The van der Waals surface area contributed by atoms with Crippen LogP contribution in [0.2, 0.25) is 0 Å². The normalized spacial score (nSPS) is 18.3. The highest BCUT2D eigenvalue weighted by atomic mass is 16.2. The number of likely N-dealkylation sites (tertiary alicyclic amines) is 1. The molecule has 112 valence electrons. The zero-order chi connectivity index (χ0) is 14.8. The molecule has 0 bridgehead atoms. The maximum atomic E-state index is 12.7. The molecule has 0 unspecified atom stereocenters. The van der Waals surface area contributed by atoms with E-state index in [-0.39, 0.29) is 11.4 Å². The highest BCUT2D eigenvalue weighted by Crippen LogP contribution is 2.22. The number of hydrogen-bond acceptors (Lipinski definition) is 3. The second-order valence-electron chi connectivity index (χ2n) is 5.79. The maximum Gasteiger partial charge on any atom is 0.272 e. The van der Waals surface area contributed by atoms with E-state index in [2.05, 4.69) is 24.3 Å². The Balaban J connectivity index is 2.11. The van der Waals surface area contributed by atoms with Gasteiger partial charge in [-0.1, -0.05) is 6.92 Å². The molecule has 0 saturated carbocycles. The van der Waals surface area contributed by atoms with Crippen LogP contribution in [-0.4, -0.2) is 46.3 Å². The van der Waals surface area contributed by atoms with Gasteiger partial charge in [0.05, 0.1) is 5.69 Å².